The van der Waals surface area contributed by atoms with Crippen molar-refractivity contribution in [2.45, 2.75) is 40.2 Å². The molecule has 1 aromatic carbocycles. The summed E-state index contributed by atoms with van der Waals surface area (Å²) in [6.45, 7) is 9.83. The molecule has 0 saturated heterocycles. The Hall–Kier alpha value is -1.89. The van der Waals surface area contributed by atoms with Gasteiger partial charge in [-0.15, -0.1) is 0 Å². The van der Waals surface area contributed by atoms with E-state index in [1.807, 2.05) is 32.0 Å². The van der Waals surface area contributed by atoms with Crippen molar-refractivity contribution >= 4 is 11.4 Å². The lowest BCUT2D eigenvalue weighted by atomic mass is 10.1. The molecule has 2 N–H and O–H groups in total. The van der Waals surface area contributed by atoms with Crippen LogP contribution in [0.15, 0.2) is 18.2 Å². The van der Waals surface area contributed by atoms with E-state index in [-0.39, 0.29) is 6.10 Å². The molecule has 0 spiro atoms. The van der Waals surface area contributed by atoms with E-state index in [0.717, 1.165) is 12.2 Å². The second-order valence-corrected chi connectivity index (χ2v) is 5.60. The van der Waals surface area contributed by atoms with Crippen LogP contribution in [-0.4, -0.2) is 19.2 Å². The van der Waals surface area contributed by atoms with Crippen LogP contribution in [0.3, 0.4) is 0 Å². The van der Waals surface area contributed by atoms with Crippen molar-refractivity contribution in [1.82, 2.24) is 0 Å². The topological polar surface area (TPSA) is 62.3 Å². The van der Waals surface area contributed by atoms with Gasteiger partial charge in [0, 0.05) is 13.1 Å². The standard InChI is InChI=1S/C16H25N3O/c1-12(2)11-19(10-6-9-17)14-7-5-8-15(16(14)18)20-13(3)4/h5,7-8,12-13H,6,10-11,18H2,1-4H3. The smallest absolute Gasteiger partial charge is 0.144 e. The van der Waals surface area contributed by atoms with Gasteiger partial charge in [0.1, 0.15) is 5.75 Å². The first-order valence-corrected chi connectivity index (χ1v) is 7.12. The Labute approximate surface area is 122 Å². The molecule has 0 aromatic heterocycles. The number of para-hydroxylation sites is 1. The number of nitrogens with zero attached hydrogens (tertiary/aromatic N) is 2. The molecule has 0 amide bonds. The van der Waals surface area contributed by atoms with Crippen molar-refractivity contribution in [3.05, 3.63) is 18.2 Å². The van der Waals surface area contributed by atoms with Gasteiger partial charge < -0.3 is 15.4 Å². The van der Waals surface area contributed by atoms with Crippen molar-refractivity contribution < 1.29 is 4.74 Å². The highest BCUT2D eigenvalue weighted by molar-refractivity contribution is 5.74. The van der Waals surface area contributed by atoms with Crippen LogP contribution in [0.5, 0.6) is 5.75 Å². The zero-order valence-electron chi connectivity index (χ0n) is 12.9. The fraction of sp³-hybridized carbons (Fsp3) is 0.562. The van der Waals surface area contributed by atoms with E-state index >= 15 is 0 Å². The van der Waals surface area contributed by atoms with E-state index in [9.17, 15) is 0 Å². The van der Waals surface area contributed by atoms with E-state index in [1.54, 1.807) is 0 Å². The number of anilines is 2. The molecule has 1 aromatic rings. The number of ether oxygens (including phenoxy) is 1. The minimum atomic E-state index is 0.0882. The summed E-state index contributed by atoms with van der Waals surface area (Å²) < 4.78 is 5.73. The van der Waals surface area contributed by atoms with Gasteiger partial charge in [-0.05, 0) is 31.9 Å². The fourth-order valence-corrected chi connectivity index (χ4v) is 2.10. The molecule has 110 valence electrons. The highest BCUT2D eigenvalue weighted by Crippen LogP contribution is 2.33. The highest BCUT2D eigenvalue weighted by atomic mass is 16.5. The lowest BCUT2D eigenvalue weighted by molar-refractivity contribution is 0.244. The summed E-state index contributed by atoms with van der Waals surface area (Å²) in [6, 6.07) is 8.02. The molecule has 0 fully saturated rings. The zero-order valence-corrected chi connectivity index (χ0v) is 12.9. The Morgan fingerprint density at radius 3 is 2.55 bits per heavy atom. The number of hydrogen-bond acceptors (Lipinski definition) is 4. The summed E-state index contributed by atoms with van der Waals surface area (Å²) in [5, 5.41) is 8.81. The van der Waals surface area contributed by atoms with E-state index in [1.165, 1.54) is 0 Å². The SMILES string of the molecule is CC(C)CN(CCC#N)c1cccc(OC(C)C)c1N. The number of rotatable bonds is 7. The molecule has 4 nitrogen and oxygen atoms in total. The molecule has 0 aliphatic heterocycles. The lowest BCUT2D eigenvalue weighted by Gasteiger charge is -2.28. The second kappa shape index (κ2) is 7.64. The van der Waals surface area contributed by atoms with E-state index in [0.29, 0.717) is 30.3 Å². The molecule has 20 heavy (non-hydrogen) atoms. The summed E-state index contributed by atoms with van der Waals surface area (Å²) in [6.07, 6.45) is 0.576. The minimum absolute atomic E-state index is 0.0882. The molecule has 0 saturated carbocycles. The quantitative estimate of drug-likeness (QED) is 0.774. The van der Waals surface area contributed by atoms with Gasteiger partial charge in [-0.3, -0.25) is 0 Å². The van der Waals surface area contributed by atoms with Gasteiger partial charge in [-0.1, -0.05) is 19.9 Å². The maximum Gasteiger partial charge on any atom is 0.144 e. The summed E-state index contributed by atoms with van der Waals surface area (Å²) in [4.78, 5) is 2.16. The molecular formula is C16H25N3O. The largest absolute Gasteiger partial charge is 0.489 e. The van der Waals surface area contributed by atoms with E-state index < -0.39 is 0 Å². The molecule has 0 heterocycles. The Kier molecular flexibility index (Phi) is 6.17. The third kappa shape index (κ3) is 4.65. The van der Waals surface area contributed by atoms with Crippen LogP contribution in [0, 0.1) is 17.2 Å². The monoisotopic (exact) mass is 275 g/mol. The second-order valence-electron chi connectivity index (χ2n) is 5.60. The lowest BCUT2D eigenvalue weighted by Crippen LogP contribution is -2.29. The molecule has 0 radical (unpaired) electrons. The average Bonchev–Trinajstić information content (AvgIpc) is 2.36. The number of benzene rings is 1. The van der Waals surface area contributed by atoms with Gasteiger partial charge in [0.15, 0.2) is 0 Å². The fourth-order valence-electron chi connectivity index (χ4n) is 2.10. The number of nitriles is 1. The van der Waals surface area contributed by atoms with E-state index in [4.69, 9.17) is 15.7 Å². The predicted octanol–water partition coefficient (Wildman–Crippen LogP) is 3.43. The van der Waals surface area contributed by atoms with Crippen molar-refractivity contribution in [2.24, 2.45) is 5.92 Å². The molecule has 4 heteroatoms. The number of hydrogen-bond donors (Lipinski definition) is 1. The van der Waals surface area contributed by atoms with Crippen LogP contribution in [0.25, 0.3) is 0 Å². The van der Waals surface area contributed by atoms with Gasteiger partial charge in [-0.25, -0.2) is 0 Å². The molecular weight excluding hydrogens is 250 g/mol. The van der Waals surface area contributed by atoms with Crippen molar-refractivity contribution in [3.8, 4) is 11.8 Å². The van der Waals surface area contributed by atoms with Crippen LogP contribution >= 0.6 is 0 Å². The van der Waals surface area contributed by atoms with Crippen LogP contribution in [-0.2, 0) is 0 Å². The molecule has 0 aliphatic rings. The van der Waals surface area contributed by atoms with Gasteiger partial charge in [-0.2, -0.15) is 5.26 Å². The first kappa shape index (κ1) is 16.2. The minimum Gasteiger partial charge on any atom is -0.489 e. The van der Waals surface area contributed by atoms with Gasteiger partial charge in [0.25, 0.3) is 0 Å². The predicted molar refractivity (Wildman–Crippen MR) is 83.9 cm³/mol. The molecule has 0 atom stereocenters. The third-order valence-electron chi connectivity index (χ3n) is 2.83. The van der Waals surface area contributed by atoms with Crippen LogP contribution in [0.4, 0.5) is 11.4 Å². The van der Waals surface area contributed by atoms with Crippen molar-refractivity contribution in [1.29, 1.82) is 5.26 Å². The first-order chi connectivity index (χ1) is 9.45. The first-order valence-electron chi connectivity index (χ1n) is 7.12. The van der Waals surface area contributed by atoms with Crippen LogP contribution < -0.4 is 15.4 Å². The molecule has 0 bridgehead atoms. The van der Waals surface area contributed by atoms with Gasteiger partial charge >= 0.3 is 0 Å². The number of nitrogens with two attached hydrogens (primary N) is 1. The highest BCUT2D eigenvalue weighted by Gasteiger charge is 2.14. The summed E-state index contributed by atoms with van der Waals surface area (Å²) >= 11 is 0. The Morgan fingerprint density at radius 2 is 2.00 bits per heavy atom. The third-order valence-corrected chi connectivity index (χ3v) is 2.83. The molecule has 0 aliphatic carbocycles. The normalized spacial score (nSPS) is 10.7. The molecule has 0 unspecified atom stereocenters. The van der Waals surface area contributed by atoms with Crippen molar-refractivity contribution in [3.63, 3.8) is 0 Å². The van der Waals surface area contributed by atoms with Crippen molar-refractivity contribution in [2.75, 3.05) is 23.7 Å². The van der Waals surface area contributed by atoms with Gasteiger partial charge in [0.05, 0.1) is 30.0 Å². The van der Waals surface area contributed by atoms with Crippen LogP contribution in [0.1, 0.15) is 34.1 Å². The van der Waals surface area contributed by atoms with Gasteiger partial charge in [0.2, 0.25) is 0 Å². The number of nitrogen functional groups attached to an aromatic ring is 1. The summed E-state index contributed by atoms with van der Waals surface area (Å²) in [5.41, 5.74) is 7.83. The Morgan fingerprint density at radius 1 is 1.30 bits per heavy atom. The summed E-state index contributed by atoms with van der Waals surface area (Å²) in [5.74, 6) is 1.21. The van der Waals surface area contributed by atoms with E-state index in [2.05, 4.69) is 24.8 Å². The Bertz CT molecular complexity index is 463. The maximum absolute atomic E-state index is 8.81. The Balaban J connectivity index is 3.03. The maximum atomic E-state index is 8.81. The molecule has 1 rings (SSSR count). The average molecular weight is 275 g/mol. The van der Waals surface area contributed by atoms with Crippen LogP contribution in [0.2, 0.25) is 0 Å². The zero-order chi connectivity index (χ0) is 15.1. The summed E-state index contributed by atoms with van der Waals surface area (Å²) in [7, 11) is 0.